The first kappa shape index (κ1) is 31.7. The minimum atomic E-state index is 1.03. The van der Waals surface area contributed by atoms with Gasteiger partial charge in [-0.1, -0.05) is 104 Å². The highest BCUT2D eigenvalue weighted by Gasteiger charge is 2.01. The van der Waals surface area contributed by atoms with Crippen LogP contribution in [-0.2, 0) is 0 Å². The normalized spacial score (nSPS) is 9.00. The fourth-order valence-electron chi connectivity index (χ4n) is 3.04. The fraction of sp³-hybridized carbons (Fsp3) is 0.467. The van der Waals surface area contributed by atoms with Crippen molar-refractivity contribution in [3.05, 3.63) is 72.4 Å². The van der Waals surface area contributed by atoms with Crippen LogP contribution in [0.25, 0.3) is 17.2 Å². The first-order valence-electron chi connectivity index (χ1n) is 12.6. The third-order valence-corrected chi connectivity index (χ3v) is 4.80. The third-order valence-electron chi connectivity index (χ3n) is 4.80. The van der Waals surface area contributed by atoms with Gasteiger partial charge < -0.3 is 10.6 Å². The van der Waals surface area contributed by atoms with Gasteiger partial charge in [-0.05, 0) is 60.6 Å². The standard InChI is InChI=1S/C24H32N2.3C2H6/c1-5-21-11-12-23(18-19(21)2)22-13-15-24(16-14-22)26-17-9-7-6-8-10-20(3)25-4;3*1-2/h5,11-16,18,25-26H,1,3,6-10,17H2,2,4H3;3*1-2H3. The van der Waals surface area contributed by atoms with Crippen LogP contribution in [0.3, 0.4) is 0 Å². The molecule has 0 saturated heterocycles. The molecule has 0 aliphatic heterocycles. The summed E-state index contributed by atoms with van der Waals surface area (Å²) in [6.45, 7) is 23.0. The number of anilines is 1. The second-order valence-corrected chi connectivity index (χ2v) is 6.80. The summed E-state index contributed by atoms with van der Waals surface area (Å²) in [5.74, 6) is 0. The number of allylic oxidation sites excluding steroid dienone is 1. The quantitative estimate of drug-likeness (QED) is 0.341. The monoisotopic (exact) mass is 438 g/mol. The van der Waals surface area contributed by atoms with Crippen molar-refractivity contribution in [1.29, 1.82) is 0 Å². The molecule has 0 saturated carbocycles. The number of hydrogen-bond acceptors (Lipinski definition) is 2. The van der Waals surface area contributed by atoms with Gasteiger partial charge in [-0.15, -0.1) is 0 Å². The highest BCUT2D eigenvalue weighted by atomic mass is 14.9. The first-order valence-corrected chi connectivity index (χ1v) is 12.6. The van der Waals surface area contributed by atoms with Crippen molar-refractivity contribution in [1.82, 2.24) is 5.32 Å². The van der Waals surface area contributed by atoms with Crippen LogP contribution >= 0.6 is 0 Å². The van der Waals surface area contributed by atoms with E-state index in [0.29, 0.717) is 0 Å². The topological polar surface area (TPSA) is 24.1 Å². The molecule has 0 aliphatic rings. The van der Waals surface area contributed by atoms with Crippen molar-refractivity contribution in [3.8, 4) is 11.1 Å². The minimum absolute atomic E-state index is 1.03. The van der Waals surface area contributed by atoms with Gasteiger partial charge in [-0.25, -0.2) is 0 Å². The SMILES string of the molecule is C=Cc1ccc(-c2ccc(NCCCCCCC(=C)NC)cc2)cc1C.CC.CC.CC. The molecule has 0 amide bonds. The van der Waals surface area contributed by atoms with Crippen LogP contribution in [0.15, 0.2) is 61.3 Å². The van der Waals surface area contributed by atoms with Crippen molar-refractivity contribution in [2.45, 2.75) is 80.6 Å². The summed E-state index contributed by atoms with van der Waals surface area (Å²) in [5.41, 5.74) is 7.29. The van der Waals surface area contributed by atoms with Gasteiger partial charge in [0, 0.05) is 25.0 Å². The van der Waals surface area contributed by atoms with E-state index < -0.39 is 0 Å². The van der Waals surface area contributed by atoms with E-state index in [0.717, 1.165) is 18.7 Å². The van der Waals surface area contributed by atoms with E-state index in [1.807, 2.05) is 54.7 Å². The Hall–Kier alpha value is -2.48. The molecule has 0 spiro atoms. The predicted molar refractivity (Wildman–Crippen MR) is 151 cm³/mol. The van der Waals surface area contributed by atoms with Gasteiger partial charge in [0.25, 0.3) is 0 Å². The third kappa shape index (κ3) is 13.0. The fourth-order valence-corrected chi connectivity index (χ4v) is 3.04. The summed E-state index contributed by atoms with van der Waals surface area (Å²) in [5, 5.41) is 6.62. The van der Waals surface area contributed by atoms with Gasteiger partial charge >= 0.3 is 0 Å². The Morgan fingerprint density at radius 1 is 0.812 bits per heavy atom. The summed E-state index contributed by atoms with van der Waals surface area (Å²) >= 11 is 0. The largest absolute Gasteiger partial charge is 0.392 e. The van der Waals surface area contributed by atoms with Gasteiger partial charge in [-0.2, -0.15) is 0 Å². The predicted octanol–water partition coefficient (Wildman–Crippen LogP) is 9.48. The number of hydrogen-bond donors (Lipinski definition) is 2. The van der Waals surface area contributed by atoms with Crippen LogP contribution in [0.4, 0.5) is 5.69 Å². The molecule has 2 aromatic rings. The molecule has 0 bridgehead atoms. The van der Waals surface area contributed by atoms with Crippen LogP contribution in [0, 0.1) is 6.92 Å². The van der Waals surface area contributed by atoms with E-state index in [9.17, 15) is 0 Å². The lowest BCUT2D eigenvalue weighted by molar-refractivity contribution is 0.641. The zero-order valence-corrected chi connectivity index (χ0v) is 22.3. The molecule has 32 heavy (non-hydrogen) atoms. The molecule has 2 heteroatoms. The Kier molecular flexibility index (Phi) is 21.5. The lowest BCUT2D eigenvalue weighted by Gasteiger charge is -2.09. The average molecular weight is 439 g/mol. The molecule has 0 fully saturated rings. The summed E-state index contributed by atoms with van der Waals surface area (Å²) < 4.78 is 0. The Balaban J connectivity index is 0. The Morgan fingerprint density at radius 2 is 1.38 bits per heavy atom. The van der Waals surface area contributed by atoms with E-state index in [1.165, 1.54) is 53.6 Å². The van der Waals surface area contributed by atoms with Crippen molar-refractivity contribution >= 4 is 11.8 Å². The van der Waals surface area contributed by atoms with Crippen molar-refractivity contribution in [2.24, 2.45) is 0 Å². The number of nitrogens with one attached hydrogen (secondary N) is 2. The van der Waals surface area contributed by atoms with Crippen molar-refractivity contribution in [3.63, 3.8) is 0 Å². The molecule has 2 N–H and O–H groups in total. The molecule has 0 aliphatic carbocycles. The molecule has 180 valence electrons. The molecule has 0 aromatic heterocycles. The van der Waals surface area contributed by atoms with Crippen LogP contribution in [0.5, 0.6) is 0 Å². The number of aryl methyl sites for hydroxylation is 1. The summed E-state index contributed by atoms with van der Waals surface area (Å²) in [6.07, 6.45) is 7.94. The minimum Gasteiger partial charge on any atom is -0.392 e. The highest BCUT2D eigenvalue weighted by Crippen LogP contribution is 2.24. The van der Waals surface area contributed by atoms with E-state index in [2.05, 4.69) is 73.2 Å². The lowest BCUT2D eigenvalue weighted by atomic mass is 10.00. The Bertz CT molecular complexity index is 714. The van der Waals surface area contributed by atoms with Gasteiger partial charge in [0.2, 0.25) is 0 Å². The van der Waals surface area contributed by atoms with E-state index in [-0.39, 0.29) is 0 Å². The maximum absolute atomic E-state index is 3.96. The highest BCUT2D eigenvalue weighted by molar-refractivity contribution is 5.69. The zero-order chi connectivity index (χ0) is 24.8. The van der Waals surface area contributed by atoms with Crippen LogP contribution in [0.2, 0.25) is 0 Å². The van der Waals surface area contributed by atoms with Crippen molar-refractivity contribution < 1.29 is 0 Å². The second-order valence-electron chi connectivity index (χ2n) is 6.80. The van der Waals surface area contributed by atoms with Crippen molar-refractivity contribution in [2.75, 3.05) is 18.9 Å². The average Bonchev–Trinajstić information content (AvgIpc) is 2.87. The number of unbranched alkanes of at least 4 members (excludes halogenated alkanes) is 3. The van der Waals surface area contributed by atoms with E-state index in [1.54, 1.807) is 0 Å². The Morgan fingerprint density at radius 3 is 1.91 bits per heavy atom. The second kappa shape index (κ2) is 21.7. The van der Waals surface area contributed by atoms with Gasteiger partial charge in [-0.3, -0.25) is 0 Å². The molecule has 0 unspecified atom stereocenters. The molecule has 2 nitrogen and oxygen atoms in total. The molecular weight excluding hydrogens is 388 g/mol. The molecule has 0 heterocycles. The van der Waals surface area contributed by atoms with Gasteiger partial charge in [0.05, 0.1) is 0 Å². The molecule has 0 atom stereocenters. The molecule has 2 aromatic carbocycles. The summed E-state index contributed by atoms with van der Waals surface area (Å²) in [7, 11) is 1.94. The summed E-state index contributed by atoms with van der Waals surface area (Å²) in [4.78, 5) is 0. The maximum atomic E-state index is 3.96. The lowest BCUT2D eigenvalue weighted by Crippen LogP contribution is -2.04. The maximum Gasteiger partial charge on any atom is 0.0340 e. The molecular formula is C30H50N2. The van der Waals surface area contributed by atoms with Gasteiger partial charge in [0.1, 0.15) is 0 Å². The van der Waals surface area contributed by atoms with Crippen LogP contribution < -0.4 is 10.6 Å². The van der Waals surface area contributed by atoms with Gasteiger partial charge in [0.15, 0.2) is 0 Å². The molecule has 0 radical (unpaired) electrons. The summed E-state index contributed by atoms with van der Waals surface area (Å²) in [6, 6.07) is 15.2. The molecule has 2 rings (SSSR count). The zero-order valence-electron chi connectivity index (χ0n) is 22.3. The first-order chi connectivity index (χ1) is 15.6. The number of benzene rings is 2. The van der Waals surface area contributed by atoms with Crippen LogP contribution in [0.1, 0.15) is 84.8 Å². The van der Waals surface area contributed by atoms with E-state index >= 15 is 0 Å². The Labute approximate surface area is 200 Å². The van der Waals surface area contributed by atoms with E-state index in [4.69, 9.17) is 0 Å². The number of rotatable bonds is 11. The smallest absolute Gasteiger partial charge is 0.0340 e. The van der Waals surface area contributed by atoms with Crippen LogP contribution in [-0.4, -0.2) is 13.6 Å².